The molecule has 1 aromatic carbocycles. The van der Waals surface area contributed by atoms with Crippen LogP contribution in [0, 0.1) is 10.1 Å². The van der Waals surface area contributed by atoms with E-state index in [1.807, 2.05) is 6.92 Å². The van der Waals surface area contributed by atoms with Gasteiger partial charge in [-0.15, -0.1) is 0 Å². The topological polar surface area (TPSA) is 84.3 Å². The zero-order valence-electron chi connectivity index (χ0n) is 11.5. The summed E-state index contributed by atoms with van der Waals surface area (Å²) in [5.41, 5.74) is 1.01. The molecular weight excluding hydrogens is 258 g/mol. The second-order valence-corrected chi connectivity index (χ2v) is 5.08. The summed E-state index contributed by atoms with van der Waals surface area (Å²) in [7, 11) is 0. The monoisotopic (exact) mass is 277 g/mol. The molecular formula is C14H19N3O3. The van der Waals surface area contributed by atoms with Crippen molar-refractivity contribution >= 4 is 11.6 Å². The summed E-state index contributed by atoms with van der Waals surface area (Å²) in [4.78, 5) is 22.1. The highest BCUT2D eigenvalue weighted by molar-refractivity contribution is 5.81. The molecule has 1 saturated heterocycles. The maximum Gasteiger partial charge on any atom is 0.269 e. The summed E-state index contributed by atoms with van der Waals surface area (Å²) in [6.07, 6.45) is 2.85. The summed E-state index contributed by atoms with van der Waals surface area (Å²) < 4.78 is 0. The van der Waals surface area contributed by atoms with Crippen molar-refractivity contribution < 1.29 is 9.72 Å². The third-order valence-electron chi connectivity index (χ3n) is 3.59. The smallest absolute Gasteiger partial charge is 0.269 e. The first-order valence-corrected chi connectivity index (χ1v) is 6.86. The number of benzene rings is 1. The van der Waals surface area contributed by atoms with Gasteiger partial charge in [0.25, 0.3) is 5.69 Å². The van der Waals surface area contributed by atoms with E-state index in [4.69, 9.17) is 0 Å². The van der Waals surface area contributed by atoms with Crippen LogP contribution in [0.15, 0.2) is 24.3 Å². The Hall–Kier alpha value is -1.95. The molecule has 1 fully saturated rings. The van der Waals surface area contributed by atoms with Gasteiger partial charge < -0.3 is 5.32 Å². The van der Waals surface area contributed by atoms with E-state index in [2.05, 4.69) is 10.6 Å². The highest BCUT2D eigenvalue weighted by Gasteiger charge is 2.22. The number of rotatable bonds is 4. The highest BCUT2D eigenvalue weighted by Crippen LogP contribution is 2.19. The number of hydrogen-bond donors (Lipinski definition) is 2. The highest BCUT2D eigenvalue weighted by atomic mass is 16.6. The third kappa shape index (κ3) is 3.54. The molecule has 1 aromatic rings. The summed E-state index contributed by atoms with van der Waals surface area (Å²) >= 11 is 0. The number of nitro groups is 1. The van der Waals surface area contributed by atoms with Crippen molar-refractivity contribution in [2.75, 3.05) is 6.54 Å². The molecule has 2 unspecified atom stereocenters. The Morgan fingerprint density at radius 3 is 2.70 bits per heavy atom. The third-order valence-corrected chi connectivity index (χ3v) is 3.59. The molecule has 0 aromatic heterocycles. The van der Waals surface area contributed by atoms with Crippen molar-refractivity contribution in [2.45, 2.75) is 38.3 Å². The summed E-state index contributed by atoms with van der Waals surface area (Å²) in [5.74, 6) is 0.0382. The second-order valence-electron chi connectivity index (χ2n) is 5.08. The largest absolute Gasteiger partial charge is 0.355 e. The fourth-order valence-corrected chi connectivity index (χ4v) is 2.38. The minimum atomic E-state index is -0.416. The van der Waals surface area contributed by atoms with Gasteiger partial charge in [-0.25, -0.2) is 0 Å². The average Bonchev–Trinajstić information content (AvgIpc) is 2.64. The number of hydrogen-bond acceptors (Lipinski definition) is 4. The molecule has 1 aliphatic rings. The number of carbonyl (C=O) groups is 1. The second kappa shape index (κ2) is 6.47. The van der Waals surface area contributed by atoms with Crippen LogP contribution in [0.25, 0.3) is 0 Å². The summed E-state index contributed by atoms with van der Waals surface area (Å²) in [5, 5.41) is 16.8. The summed E-state index contributed by atoms with van der Waals surface area (Å²) in [6.45, 7) is 2.70. The first kappa shape index (κ1) is 14.5. The van der Waals surface area contributed by atoms with Gasteiger partial charge in [-0.2, -0.15) is 0 Å². The molecule has 0 aliphatic carbocycles. The molecule has 1 heterocycles. The Balaban J connectivity index is 2.01. The van der Waals surface area contributed by atoms with Crippen molar-refractivity contribution in [3.05, 3.63) is 39.9 Å². The molecule has 20 heavy (non-hydrogen) atoms. The SMILES string of the molecule is CC(NC1CCCCNC1=O)c1ccc([N+](=O)[O-])cc1. The van der Waals surface area contributed by atoms with Gasteiger partial charge in [0.05, 0.1) is 11.0 Å². The molecule has 2 atom stereocenters. The van der Waals surface area contributed by atoms with Crippen molar-refractivity contribution in [3.8, 4) is 0 Å². The Labute approximate surface area is 117 Å². The van der Waals surface area contributed by atoms with E-state index in [0.29, 0.717) is 0 Å². The Morgan fingerprint density at radius 1 is 1.35 bits per heavy atom. The predicted octanol–water partition coefficient (Wildman–Crippen LogP) is 1.91. The molecule has 6 heteroatoms. The molecule has 1 aliphatic heterocycles. The molecule has 0 saturated carbocycles. The molecule has 0 spiro atoms. The molecule has 6 nitrogen and oxygen atoms in total. The lowest BCUT2D eigenvalue weighted by molar-refractivity contribution is -0.384. The Kier molecular flexibility index (Phi) is 4.68. The number of carbonyl (C=O) groups excluding carboxylic acids is 1. The summed E-state index contributed by atoms with van der Waals surface area (Å²) in [6, 6.07) is 6.21. The number of amides is 1. The minimum Gasteiger partial charge on any atom is -0.355 e. The molecule has 0 radical (unpaired) electrons. The van der Waals surface area contributed by atoms with E-state index in [1.54, 1.807) is 12.1 Å². The number of nitrogens with one attached hydrogen (secondary N) is 2. The lowest BCUT2D eigenvalue weighted by Gasteiger charge is -2.21. The lowest BCUT2D eigenvalue weighted by Crippen LogP contribution is -2.43. The zero-order valence-corrected chi connectivity index (χ0v) is 11.5. The van der Waals surface area contributed by atoms with Crippen molar-refractivity contribution in [3.63, 3.8) is 0 Å². The fourth-order valence-electron chi connectivity index (χ4n) is 2.38. The lowest BCUT2D eigenvalue weighted by atomic mass is 10.0. The van der Waals surface area contributed by atoms with Crippen molar-refractivity contribution in [1.29, 1.82) is 0 Å². The van der Waals surface area contributed by atoms with Gasteiger partial charge in [0.1, 0.15) is 0 Å². The van der Waals surface area contributed by atoms with Gasteiger partial charge in [-0.3, -0.25) is 20.2 Å². The molecule has 0 bridgehead atoms. The normalized spacial score (nSPS) is 20.9. The van der Waals surface area contributed by atoms with Crippen LogP contribution in [0.5, 0.6) is 0 Å². The fraction of sp³-hybridized carbons (Fsp3) is 0.500. The Morgan fingerprint density at radius 2 is 2.05 bits per heavy atom. The minimum absolute atomic E-state index is 0.0235. The maximum atomic E-state index is 11.9. The van der Waals surface area contributed by atoms with Gasteiger partial charge in [0.2, 0.25) is 5.91 Å². The van der Waals surface area contributed by atoms with E-state index in [-0.39, 0.29) is 23.7 Å². The standard InChI is InChI=1S/C14H19N3O3/c1-10(11-5-7-12(8-6-11)17(19)20)16-13-4-2-3-9-15-14(13)18/h5-8,10,13,16H,2-4,9H2,1H3,(H,15,18). The molecule has 1 amide bonds. The Bertz CT molecular complexity index is 487. The van der Waals surface area contributed by atoms with Crippen LogP contribution in [0.1, 0.15) is 37.8 Å². The molecule has 108 valence electrons. The average molecular weight is 277 g/mol. The number of nitro benzene ring substituents is 1. The van der Waals surface area contributed by atoms with Gasteiger partial charge >= 0.3 is 0 Å². The van der Waals surface area contributed by atoms with Gasteiger partial charge in [0, 0.05) is 24.7 Å². The number of nitrogens with zero attached hydrogens (tertiary/aromatic N) is 1. The van der Waals surface area contributed by atoms with Crippen molar-refractivity contribution in [2.24, 2.45) is 0 Å². The van der Waals surface area contributed by atoms with E-state index in [9.17, 15) is 14.9 Å². The quantitative estimate of drug-likeness (QED) is 0.650. The van der Waals surface area contributed by atoms with Gasteiger partial charge in [-0.05, 0) is 31.7 Å². The van der Waals surface area contributed by atoms with Crippen LogP contribution in [-0.4, -0.2) is 23.4 Å². The van der Waals surface area contributed by atoms with Crippen molar-refractivity contribution in [1.82, 2.24) is 10.6 Å². The first-order valence-electron chi connectivity index (χ1n) is 6.86. The predicted molar refractivity (Wildman–Crippen MR) is 75.3 cm³/mol. The first-order chi connectivity index (χ1) is 9.58. The maximum absolute atomic E-state index is 11.9. The molecule has 2 rings (SSSR count). The van der Waals surface area contributed by atoms with Crippen LogP contribution in [-0.2, 0) is 4.79 Å². The van der Waals surface area contributed by atoms with Crippen LogP contribution >= 0.6 is 0 Å². The van der Waals surface area contributed by atoms with Gasteiger partial charge in [-0.1, -0.05) is 12.1 Å². The van der Waals surface area contributed by atoms with E-state index >= 15 is 0 Å². The molecule has 2 N–H and O–H groups in total. The van der Waals surface area contributed by atoms with E-state index in [0.717, 1.165) is 31.4 Å². The number of non-ortho nitro benzene ring substituents is 1. The van der Waals surface area contributed by atoms with Crippen LogP contribution in [0.3, 0.4) is 0 Å². The van der Waals surface area contributed by atoms with Crippen LogP contribution in [0.4, 0.5) is 5.69 Å². The van der Waals surface area contributed by atoms with Crippen LogP contribution < -0.4 is 10.6 Å². The van der Waals surface area contributed by atoms with E-state index < -0.39 is 4.92 Å². The van der Waals surface area contributed by atoms with E-state index in [1.165, 1.54) is 12.1 Å². The van der Waals surface area contributed by atoms with Crippen LogP contribution in [0.2, 0.25) is 0 Å². The van der Waals surface area contributed by atoms with Gasteiger partial charge in [0.15, 0.2) is 0 Å². The zero-order chi connectivity index (χ0) is 14.5.